The molecule has 1 aliphatic heterocycles. The lowest BCUT2D eigenvalue weighted by molar-refractivity contribution is -0.137. The third-order valence-corrected chi connectivity index (χ3v) is 8.57. The maximum atomic E-state index is 13.7. The number of alkyl halides is 3. The number of imidazole rings is 1. The first-order valence-corrected chi connectivity index (χ1v) is 16.8. The number of benzene rings is 1. The van der Waals surface area contributed by atoms with Gasteiger partial charge in [0.1, 0.15) is 12.4 Å². The molecule has 0 saturated heterocycles. The van der Waals surface area contributed by atoms with Crippen molar-refractivity contribution in [2.45, 2.75) is 51.6 Å². The van der Waals surface area contributed by atoms with Crippen molar-refractivity contribution in [1.29, 1.82) is 0 Å². The zero-order valence-corrected chi connectivity index (χ0v) is 25.0. The summed E-state index contributed by atoms with van der Waals surface area (Å²) in [7, 11) is 1.93. The van der Waals surface area contributed by atoms with Crippen LogP contribution in [0.3, 0.4) is 0 Å². The fourth-order valence-corrected chi connectivity index (χ4v) is 5.37. The highest BCUT2D eigenvalue weighted by Crippen LogP contribution is 2.38. The molecule has 1 aromatic carbocycles. The molecule has 1 aliphatic rings. The zero-order valence-electron chi connectivity index (χ0n) is 23.2. The largest absolute Gasteiger partial charge is 0.417 e. The molecule has 0 saturated carbocycles. The first-order valence-electron chi connectivity index (χ1n) is 12.7. The fraction of sp³-hybridized carbons (Fsp3) is 0.462. The van der Waals surface area contributed by atoms with Crippen molar-refractivity contribution in [3.05, 3.63) is 52.7 Å². The Morgan fingerprint density at radius 2 is 1.95 bits per heavy atom. The van der Waals surface area contributed by atoms with Crippen LogP contribution in [-0.4, -0.2) is 71.4 Å². The minimum absolute atomic E-state index is 0.108. The molecule has 3 aromatic rings. The van der Waals surface area contributed by atoms with Crippen molar-refractivity contribution in [3.8, 4) is 11.3 Å². The highest BCUT2D eigenvalue weighted by molar-refractivity contribution is 6.76. The van der Waals surface area contributed by atoms with Crippen molar-refractivity contribution in [2.75, 3.05) is 32.1 Å². The number of hydrogen-bond acceptors (Lipinski definition) is 5. The molecular weight excluding hydrogens is 565 g/mol. The molecule has 2 aromatic heterocycles. The molecular formula is C26H32ClF3N6O3Si. The number of nitrogens with zero attached hydrogens (tertiary/aromatic N) is 6. The summed E-state index contributed by atoms with van der Waals surface area (Å²) in [5, 5.41) is 3.91. The van der Waals surface area contributed by atoms with Gasteiger partial charge in [0.25, 0.3) is 11.8 Å². The molecule has 40 heavy (non-hydrogen) atoms. The molecule has 0 radical (unpaired) electrons. The summed E-state index contributed by atoms with van der Waals surface area (Å²) in [6, 6.07) is 3.90. The number of aromatic nitrogens is 4. The minimum atomic E-state index is -4.61. The molecule has 3 heterocycles. The summed E-state index contributed by atoms with van der Waals surface area (Å²) in [6.45, 7) is 9.41. The van der Waals surface area contributed by atoms with Gasteiger partial charge in [0.05, 0.1) is 34.1 Å². The number of carbonyl (C=O) groups is 2. The summed E-state index contributed by atoms with van der Waals surface area (Å²) in [5.74, 6) is -0.653. The average Bonchev–Trinajstić information content (AvgIpc) is 3.47. The molecule has 0 aliphatic carbocycles. The standard InChI is InChI=1S/C26H32ClF3N6O3Si/c1-16-13-35(17-7-8-19(20(27)11-17)26(28,29)30)24(37)22-18(12-31-36(16)22)21-14-34(15-39-9-10-40(4,5)6)23(32-21)25(38)33(2)3/h7-8,11-12,14,16H,9-10,13,15H2,1-6H3/t16-/m0/s1. The predicted molar refractivity (Wildman–Crippen MR) is 148 cm³/mol. The predicted octanol–water partition coefficient (Wildman–Crippen LogP) is 5.65. The van der Waals surface area contributed by atoms with Gasteiger partial charge in [-0.25, -0.2) is 4.98 Å². The van der Waals surface area contributed by atoms with Crippen LogP contribution < -0.4 is 4.90 Å². The number of fused-ring (bicyclic) bond motifs is 1. The average molecular weight is 597 g/mol. The quantitative estimate of drug-likeness (QED) is 0.248. The maximum Gasteiger partial charge on any atom is 0.417 e. The molecule has 9 nitrogen and oxygen atoms in total. The normalized spacial score (nSPS) is 15.9. The number of ether oxygens (including phenoxy) is 1. The zero-order chi connectivity index (χ0) is 29.6. The fourth-order valence-electron chi connectivity index (χ4n) is 4.33. The lowest BCUT2D eigenvalue weighted by Gasteiger charge is -2.32. The Morgan fingerprint density at radius 3 is 2.55 bits per heavy atom. The highest BCUT2D eigenvalue weighted by atomic mass is 35.5. The third kappa shape index (κ3) is 6.10. The molecule has 2 amide bonds. The van der Waals surface area contributed by atoms with Gasteiger partial charge in [0.15, 0.2) is 0 Å². The Bertz CT molecular complexity index is 1430. The van der Waals surface area contributed by atoms with E-state index in [1.807, 2.05) is 6.92 Å². The van der Waals surface area contributed by atoms with Gasteiger partial charge in [-0.05, 0) is 31.2 Å². The van der Waals surface area contributed by atoms with E-state index in [9.17, 15) is 22.8 Å². The second kappa shape index (κ2) is 11.0. The van der Waals surface area contributed by atoms with E-state index in [0.717, 1.165) is 18.2 Å². The summed E-state index contributed by atoms with van der Waals surface area (Å²) < 4.78 is 48.7. The topological polar surface area (TPSA) is 85.5 Å². The van der Waals surface area contributed by atoms with E-state index in [1.54, 1.807) is 29.5 Å². The Labute approximate surface area is 236 Å². The van der Waals surface area contributed by atoms with E-state index >= 15 is 0 Å². The van der Waals surface area contributed by atoms with Crippen molar-refractivity contribution in [1.82, 2.24) is 24.2 Å². The van der Waals surface area contributed by atoms with Gasteiger partial charge >= 0.3 is 6.18 Å². The Balaban J connectivity index is 1.69. The molecule has 0 bridgehead atoms. The van der Waals surface area contributed by atoms with Crippen LogP contribution in [0.4, 0.5) is 18.9 Å². The molecule has 0 N–H and O–H groups in total. The van der Waals surface area contributed by atoms with Crippen LogP contribution >= 0.6 is 11.6 Å². The molecule has 216 valence electrons. The molecule has 0 fully saturated rings. The SMILES string of the molecule is C[C@H]1CN(c2ccc(C(F)(F)F)c(Cl)c2)C(=O)c2c(-c3cn(COCC[Si](C)(C)C)c(C(=O)N(C)C)n3)cnn21. The van der Waals surface area contributed by atoms with Gasteiger partial charge in [-0.1, -0.05) is 31.2 Å². The van der Waals surface area contributed by atoms with Gasteiger partial charge in [0.2, 0.25) is 5.82 Å². The van der Waals surface area contributed by atoms with Crippen LogP contribution in [0.25, 0.3) is 11.3 Å². The Kier molecular flexibility index (Phi) is 8.21. The second-order valence-corrected chi connectivity index (χ2v) is 17.3. The van der Waals surface area contributed by atoms with Crippen LogP contribution in [0.15, 0.2) is 30.6 Å². The van der Waals surface area contributed by atoms with Crippen LogP contribution in [0.2, 0.25) is 30.7 Å². The lowest BCUT2D eigenvalue weighted by atomic mass is 10.1. The number of amides is 2. The monoisotopic (exact) mass is 596 g/mol. The number of carbonyl (C=O) groups excluding carboxylic acids is 2. The number of halogens is 4. The summed E-state index contributed by atoms with van der Waals surface area (Å²) in [6.07, 6.45) is -1.45. The van der Waals surface area contributed by atoms with E-state index in [4.69, 9.17) is 16.3 Å². The number of rotatable bonds is 8. The Morgan fingerprint density at radius 1 is 1.25 bits per heavy atom. The summed E-state index contributed by atoms with van der Waals surface area (Å²) >= 11 is 5.94. The van der Waals surface area contributed by atoms with Crippen molar-refractivity contribution in [3.63, 3.8) is 0 Å². The van der Waals surface area contributed by atoms with Gasteiger partial charge in [-0.3, -0.25) is 14.3 Å². The molecule has 1 atom stereocenters. The van der Waals surface area contributed by atoms with E-state index in [2.05, 4.69) is 29.7 Å². The summed E-state index contributed by atoms with van der Waals surface area (Å²) in [5.41, 5.74) is 0.221. The lowest BCUT2D eigenvalue weighted by Crippen LogP contribution is -2.42. The second-order valence-electron chi connectivity index (χ2n) is 11.2. The van der Waals surface area contributed by atoms with E-state index in [1.165, 1.54) is 22.1 Å². The van der Waals surface area contributed by atoms with E-state index in [-0.39, 0.29) is 42.4 Å². The van der Waals surface area contributed by atoms with Gasteiger partial charge in [-0.2, -0.15) is 18.3 Å². The number of hydrogen-bond donors (Lipinski definition) is 0. The van der Waals surface area contributed by atoms with Crippen molar-refractivity contribution in [2.24, 2.45) is 0 Å². The maximum absolute atomic E-state index is 13.7. The third-order valence-electron chi connectivity index (χ3n) is 6.55. The van der Waals surface area contributed by atoms with Crippen LogP contribution in [-0.2, 0) is 17.6 Å². The van der Waals surface area contributed by atoms with Crippen LogP contribution in [0.5, 0.6) is 0 Å². The first kappa shape index (κ1) is 29.8. The van der Waals surface area contributed by atoms with Gasteiger partial charge in [0, 0.05) is 47.2 Å². The Hall–Kier alpha value is -3.16. The van der Waals surface area contributed by atoms with E-state index in [0.29, 0.717) is 17.9 Å². The summed E-state index contributed by atoms with van der Waals surface area (Å²) in [4.78, 5) is 34.0. The van der Waals surface area contributed by atoms with Crippen LogP contribution in [0.1, 0.15) is 39.6 Å². The van der Waals surface area contributed by atoms with Crippen LogP contribution in [0, 0.1) is 0 Å². The van der Waals surface area contributed by atoms with Crippen molar-refractivity contribution >= 4 is 37.2 Å². The highest BCUT2D eigenvalue weighted by Gasteiger charge is 2.37. The smallest absolute Gasteiger partial charge is 0.361 e. The molecule has 0 unspecified atom stereocenters. The van der Waals surface area contributed by atoms with Crippen molar-refractivity contribution < 1.29 is 27.5 Å². The molecule has 4 rings (SSSR count). The minimum Gasteiger partial charge on any atom is -0.361 e. The number of anilines is 1. The van der Waals surface area contributed by atoms with Gasteiger partial charge in [-0.15, -0.1) is 0 Å². The molecule has 0 spiro atoms. The first-order chi connectivity index (χ1) is 18.6. The van der Waals surface area contributed by atoms with E-state index < -0.39 is 30.7 Å². The molecule has 14 heteroatoms. The van der Waals surface area contributed by atoms with Gasteiger partial charge < -0.3 is 19.1 Å².